The van der Waals surface area contributed by atoms with Crippen molar-refractivity contribution in [2.75, 3.05) is 20.8 Å². The Balaban J connectivity index is 2.16. The summed E-state index contributed by atoms with van der Waals surface area (Å²) in [5.74, 6) is -0.162. The van der Waals surface area contributed by atoms with Crippen LogP contribution in [0.1, 0.15) is 10.4 Å². The van der Waals surface area contributed by atoms with Crippen molar-refractivity contribution >= 4 is 44.7 Å². The first kappa shape index (κ1) is 20.0. The van der Waals surface area contributed by atoms with E-state index in [9.17, 15) is 14.9 Å². The number of rotatable bonds is 6. The average Bonchev–Trinajstić information content (AvgIpc) is 3.02. The number of halogens is 1. The Hall–Kier alpha value is -2.75. The first-order chi connectivity index (χ1) is 13.4. The van der Waals surface area contributed by atoms with Gasteiger partial charge in [-0.2, -0.15) is 4.99 Å². The van der Waals surface area contributed by atoms with Gasteiger partial charge in [0.05, 0.1) is 34.4 Å². The number of fused-ring (bicyclic) bond motifs is 1. The number of non-ortho nitro benzene ring substituents is 1. The molecule has 1 aromatic heterocycles. The normalized spacial score (nSPS) is 11.8. The van der Waals surface area contributed by atoms with Crippen LogP contribution in [0.15, 0.2) is 41.4 Å². The molecule has 146 valence electrons. The highest BCUT2D eigenvalue weighted by atomic mass is 35.5. The molecule has 0 fully saturated rings. The summed E-state index contributed by atoms with van der Waals surface area (Å²) in [5.41, 5.74) is 0.941. The molecule has 0 aliphatic rings. The van der Waals surface area contributed by atoms with Gasteiger partial charge in [-0.25, -0.2) is 0 Å². The van der Waals surface area contributed by atoms with Gasteiger partial charge in [0.1, 0.15) is 5.75 Å². The fourth-order valence-corrected chi connectivity index (χ4v) is 3.91. The van der Waals surface area contributed by atoms with Crippen molar-refractivity contribution in [3.63, 3.8) is 0 Å². The number of nitro groups is 1. The van der Waals surface area contributed by atoms with E-state index in [1.165, 1.54) is 36.6 Å². The molecule has 0 N–H and O–H groups in total. The smallest absolute Gasteiger partial charge is 0.283 e. The lowest BCUT2D eigenvalue weighted by molar-refractivity contribution is -0.384. The number of hydrogen-bond donors (Lipinski definition) is 0. The van der Waals surface area contributed by atoms with E-state index >= 15 is 0 Å². The van der Waals surface area contributed by atoms with Gasteiger partial charge in [-0.15, -0.1) is 0 Å². The number of carbonyl (C=O) groups is 1. The molecule has 10 heteroatoms. The fourth-order valence-electron chi connectivity index (χ4n) is 2.65. The van der Waals surface area contributed by atoms with Crippen molar-refractivity contribution in [1.82, 2.24) is 4.57 Å². The molecule has 3 rings (SSSR count). The highest BCUT2D eigenvalue weighted by molar-refractivity contribution is 7.16. The van der Waals surface area contributed by atoms with Crippen LogP contribution in [0.2, 0.25) is 5.02 Å². The molecule has 0 bridgehead atoms. The van der Waals surface area contributed by atoms with Crippen LogP contribution in [-0.4, -0.2) is 36.2 Å². The van der Waals surface area contributed by atoms with Crippen molar-refractivity contribution in [2.24, 2.45) is 4.99 Å². The topological polar surface area (TPSA) is 96.0 Å². The van der Waals surface area contributed by atoms with Crippen molar-refractivity contribution in [1.29, 1.82) is 0 Å². The zero-order chi connectivity index (χ0) is 20.3. The number of methoxy groups -OCH3 is 2. The largest absolute Gasteiger partial charge is 0.496 e. The summed E-state index contributed by atoms with van der Waals surface area (Å²) in [4.78, 5) is 28.0. The standard InChI is InChI=1S/C18H16ClN3O5S/c1-26-8-7-21-14-5-4-12(22(24)25)10-16(14)28-18(21)20-17(23)13-9-11(19)3-6-15(13)27-2/h3-6,9-10H,7-8H2,1-2H3. The van der Waals surface area contributed by atoms with Crippen LogP contribution < -0.4 is 9.54 Å². The summed E-state index contributed by atoms with van der Waals surface area (Å²) in [7, 11) is 3.02. The monoisotopic (exact) mass is 421 g/mol. The lowest BCUT2D eigenvalue weighted by atomic mass is 10.2. The molecule has 28 heavy (non-hydrogen) atoms. The predicted molar refractivity (Wildman–Crippen MR) is 106 cm³/mol. The zero-order valence-electron chi connectivity index (χ0n) is 15.0. The second kappa shape index (κ2) is 8.51. The van der Waals surface area contributed by atoms with E-state index in [-0.39, 0.29) is 11.3 Å². The van der Waals surface area contributed by atoms with E-state index in [4.69, 9.17) is 21.1 Å². The number of aromatic nitrogens is 1. The van der Waals surface area contributed by atoms with Gasteiger partial charge in [-0.3, -0.25) is 14.9 Å². The average molecular weight is 422 g/mol. The number of amides is 1. The summed E-state index contributed by atoms with van der Waals surface area (Å²) < 4.78 is 12.8. The molecule has 1 amide bonds. The first-order valence-corrected chi connectivity index (χ1v) is 9.33. The second-order valence-electron chi connectivity index (χ2n) is 5.70. The lowest BCUT2D eigenvalue weighted by Gasteiger charge is -2.06. The van der Waals surface area contributed by atoms with E-state index in [0.717, 1.165) is 5.52 Å². The summed E-state index contributed by atoms with van der Waals surface area (Å²) in [6, 6.07) is 9.23. The van der Waals surface area contributed by atoms with Gasteiger partial charge in [0, 0.05) is 30.8 Å². The summed E-state index contributed by atoms with van der Waals surface area (Å²) in [5, 5.41) is 11.4. The van der Waals surface area contributed by atoms with Gasteiger partial charge >= 0.3 is 0 Å². The quantitative estimate of drug-likeness (QED) is 0.447. The number of ether oxygens (including phenoxy) is 2. The molecule has 2 aromatic carbocycles. The van der Waals surface area contributed by atoms with E-state index in [0.29, 0.717) is 33.4 Å². The van der Waals surface area contributed by atoms with Gasteiger partial charge in [-0.05, 0) is 24.3 Å². The Morgan fingerprint density at radius 3 is 2.75 bits per heavy atom. The molecule has 0 aliphatic carbocycles. The van der Waals surface area contributed by atoms with Crippen molar-refractivity contribution < 1.29 is 19.2 Å². The lowest BCUT2D eigenvalue weighted by Crippen LogP contribution is -2.19. The van der Waals surface area contributed by atoms with Gasteiger partial charge in [-0.1, -0.05) is 22.9 Å². The SMILES string of the molecule is COCCn1c(=NC(=O)c2cc(Cl)ccc2OC)sc2cc([N+](=O)[O-])ccc21. The van der Waals surface area contributed by atoms with Gasteiger partial charge in [0.2, 0.25) is 0 Å². The third kappa shape index (κ3) is 4.06. The summed E-state index contributed by atoms with van der Waals surface area (Å²) >= 11 is 7.19. The van der Waals surface area contributed by atoms with Crippen molar-refractivity contribution in [3.8, 4) is 5.75 Å². The number of thiazole rings is 1. The van der Waals surface area contributed by atoms with Crippen LogP contribution in [0.3, 0.4) is 0 Å². The van der Waals surface area contributed by atoms with Crippen LogP contribution in [0.25, 0.3) is 10.2 Å². The molecule has 0 saturated carbocycles. The first-order valence-electron chi connectivity index (χ1n) is 8.14. The molecule has 8 nitrogen and oxygen atoms in total. The Kier molecular flexibility index (Phi) is 6.08. The molecule has 1 heterocycles. The van der Waals surface area contributed by atoms with Gasteiger partial charge in [0.15, 0.2) is 4.80 Å². The van der Waals surface area contributed by atoms with Crippen LogP contribution in [0.5, 0.6) is 5.75 Å². The minimum Gasteiger partial charge on any atom is -0.496 e. The van der Waals surface area contributed by atoms with Crippen molar-refractivity contribution in [2.45, 2.75) is 6.54 Å². The van der Waals surface area contributed by atoms with Crippen LogP contribution in [-0.2, 0) is 11.3 Å². The summed E-state index contributed by atoms with van der Waals surface area (Å²) in [6.07, 6.45) is 0. The number of carbonyl (C=O) groups excluding carboxylic acids is 1. The molecule has 0 aliphatic heterocycles. The van der Waals surface area contributed by atoms with E-state index in [1.807, 2.05) is 0 Å². The van der Waals surface area contributed by atoms with Crippen LogP contribution >= 0.6 is 22.9 Å². The zero-order valence-corrected chi connectivity index (χ0v) is 16.6. The molecule has 0 saturated heterocycles. The maximum absolute atomic E-state index is 12.8. The number of hydrogen-bond acceptors (Lipinski definition) is 6. The molecule has 0 spiro atoms. The molecular weight excluding hydrogens is 406 g/mol. The fraction of sp³-hybridized carbons (Fsp3) is 0.222. The number of nitro benzene ring substituents is 1. The van der Waals surface area contributed by atoms with E-state index in [1.54, 1.807) is 29.9 Å². The highest BCUT2D eigenvalue weighted by Gasteiger charge is 2.15. The van der Waals surface area contributed by atoms with Crippen LogP contribution in [0, 0.1) is 10.1 Å². The molecule has 3 aromatic rings. The maximum atomic E-state index is 12.8. The van der Waals surface area contributed by atoms with Gasteiger partial charge < -0.3 is 14.0 Å². The van der Waals surface area contributed by atoms with Crippen molar-refractivity contribution in [3.05, 3.63) is 61.9 Å². The number of nitrogens with zero attached hydrogens (tertiary/aromatic N) is 3. The second-order valence-corrected chi connectivity index (χ2v) is 7.15. The number of benzene rings is 2. The van der Waals surface area contributed by atoms with E-state index in [2.05, 4.69) is 4.99 Å². The Morgan fingerprint density at radius 2 is 2.07 bits per heavy atom. The maximum Gasteiger partial charge on any atom is 0.283 e. The minimum atomic E-state index is -0.522. The van der Waals surface area contributed by atoms with E-state index < -0.39 is 10.8 Å². The minimum absolute atomic E-state index is 0.0259. The molecular formula is C18H16ClN3O5S. The highest BCUT2D eigenvalue weighted by Crippen LogP contribution is 2.25. The molecule has 0 radical (unpaired) electrons. The summed E-state index contributed by atoms with van der Waals surface area (Å²) in [6.45, 7) is 0.831. The van der Waals surface area contributed by atoms with Gasteiger partial charge in [0.25, 0.3) is 11.6 Å². The predicted octanol–water partition coefficient (Wildman–Crippen LogP) is 3.66. The molecule has 0 atom stereocenters. The third-order valence-electron chi connectivity index (χ3n) is 3.99. The van der Waals surface area contributed by atoms with Crippen LogP contribution in [0.4, 0.5) is 5.69 Å². The Bertz CT molecular complexity index is 1120. The molecule has 0 unspecified atom stereocenters. The third-order valence-corrected chi connectivity index (χ3v) is 5.26. The Morgan fingerprint density at radius 1 is 1.29 bits per heavy atom. The Labute approximate surface area is 168 Å².